The summed E-state index contributed by atoms with van der Waals surface area (Å²) < 4.78 is 0. The molecule has 0 aliphatic rings. The predicted molar refractivity (Wildman–Crippen MR) is 36.6 cm³/mol. The summed E-state index contributed by atoms with van der Waals surface area (Å²) in [6, 6.07) is 0. The second-order valence-electron chi connectivity index (χ2n) is 1.82. The SMILES string of the molecule is CCC(Cl)C(=O)CCO. The van der Waals surface area contributed by atoms with E-state index in [1.165, 1.54) is 0 Å². The van der Waals surface area contributed by atoms with Crippen LogP contribution in [0.1, 0.15) is 19.8 Å². The number of hydrogen-bond acceptors (Lipinski definition) is 2. The van der Waals surface area contributed by atoms with Crippen LogP contribution in [-0.2, 0) is 4.79 Å². The Kier molecular flexibility index (Phi) is 4.72. The van der Waals surface area contributed by atoms with E-state index in [-0.39, 0.29) is 18.8 Å². The van der Waals surface area contributed by atoms with Crippen LogP contribution in [0.15, 0.2) is 0 Å². The van der Waals surface area contributed by atoms with Crippen LogP contribution in [-0.4, -0.2) is 22.9 Å². The van der Waals surface area contributed by atoms with Gasteiger partial charge in [0.15, 0.2) is 5.78 Å². The highest BCUT2D eigenvalue weighted by Crippen LogP contribution is 2.03. The van der Waals surface area contributed by atoms with Gasteiger partial charge in [-0.1, -0.05) is 6.92 Å². The Bertz CT molecular complexity index is 93.1. The Morgan fingerprint density at radius 1 is 1.78 bits per heavy atom. The molecular weight excluding hydrogens is 140 g/mol. The molecule has 0 saturated carbocycles. The maximum absolute atomic E-state index is 10.7. The standard InChI is InChI=1S/C6H11ClO2/c1-2-5(7)6(9)3-4-8/h5,8H,2-4H2,1H3. The van der Waals surface area contributed by atoms with E-state index in [1.807, 2.05) is 6.92 Å². The topological polar surface area (TPSA) is 37.3 Å². The molecule has 0 bridgehead atoms. The lowest BCUT2D eigenvalue weighted by molar-refractivity contribution is -0.119. The Hall–Kier alpha value is -0.0800. The fourth-order valence-electron chi connectivity index (χ4n) is 0.494. The molecule has 0 heterocycles. The lowest BCUT2D eigenvalue weighted by Gasteiger charge is -2.01. The molecule has 9 heavy (non-hydrogen) atoms. The van der Waals surface area contributed by atoms with Crippen molar-refractivity contribution in [1.29, 1.82) is 0 Å². The monoisotopic (exact) mass is 150 g/mol. The van der Waals surface area contributed by atoms with Crippen LogP contribution < -0.4 is 0 Å². The van der Waals surface area contributed by atoms with Crippen LogP contribution in [0.4, 0.5) is 0 Å². The number of alkyl halides is 1. The Morgan fingerprint density at radius 3 is 2.67 bits per heavy atom. The van der Waals surface area contributed by atoms with Crippen LogP contribution in [0.25, 0.3) is 0 Å². The molecule has 0 rings (SSSR count). The van der Waals surface area contributed by atoms with Crippen molar-refractivity contribution in [2.24, 2.45) is 0 Å². The van der Waals surface area contributed by atoms with Gasteiger partial charge >= 0.3 is 0 Å². The molecule has 0 amide bonds. The molecule has 54 valence electrons. The van der Waals surface area contributed by atoms with Crippen molar-refractivity contribution < 1.29 is 9.90 Å². The largest absolute Gasteiger partial charge is 0.396 e. The Morgan fingerprint density at radius 2 is 2.33 bits per heavy atom. The maximum atomic E-state index is 10.7. The fourth-order valence-corrected chi connectivity index (χ4v) is 0.604. The second kappa shape index (κ2) is 4.77. The van der Waals surface area contributed by atoms with Gasteiger partial charge in [-0.05, 0) is 6.42 Å². The third kappa shape index (κ3) is 3.49. The summed E-state index contributed by atoms with van der Waals surface area (Å²) in [6.07, 6.45) is 0.822. The van der Waals surface area contributed by atoms with Crippen LogP contribution in [0.2, 0.25) is 0 Å². The minimum Gasteiger partial charge on any atom is -0.396 e. The molecule has 1 unspecified atom stereocenters. The summed E-state index contributed by atoms with van der Waals surface area (Å²) in [7, 11) is 0. The van der Waals surface area contributed by atoms with E-state index in [2.05, 4.69) is 0 Å². The van der Waals surface area contributed by atoms with Crippen molar-refractivity contribution in [3.05, 3.63) is 0 Å². The van der Waals surface area contributed by atoms with Gasteiger partial charge in [0.1, 0.15) is 0 Å². The van der Waals surface area contributed by atoms with Crippen molar-refractivity contribution in [3.8, 4) is 0 Å². The third-order valence-electron chi connectivity index (χ3n) is 1.07. The average molecular weight is 151 g/mol. The summed E-state index contributed by atoms with van der Waals surface area (Å²) in [5.74, 6) is -0.0679. The zero-order valence-corrected chi connectivity index (χ0v) is 6.19. The van der Waals surface area contributed by atoms with Gasteiger partial charge in [-0.3, -0.25) is 4.79 Å². The first kappa shape index (κ1) is 8.92. The average Bonchev–Trinajstić information content (AvgIpc) is 1.87. The van der Waals surface area contributed by atoms with Crippen molar-refractivity contribution >= 4 is 17.4 Å². The van der Waals surface area contributed by atoms with E-state index in [0.717, 1.165) is 0 Å². The van der Waals surface area contributed by atoms with Crippen molar-refractivity contribution in [3.63, 3.8) is 0 Å². The number of ketones is 1. The van der Waals surface area contributed by atoms with Gasteiger partial charge in [0.05, 0.1) is 12.0 Å². The molecule has 2 nitrogen and oxygen atoms in total. The van der Waals surface area contributed by atoms with E-state index in [4.69, 9.17) is 16.7 Å². The quantitative estimate of drug-likeness (QED) is 0.606. The Balaban J connectivity index is 3.46. The van der Waals surface area contributed by atoms with Gasteiger partial charge in [-0.2, -0.15) is 0 Å². The van der Waals surface area contributed by atoms with E-state index in [0.29, 0.717) is 6.42 Å². The highest BCUT2D eigenvalue weighted by atomic mass is 35.5. The number of aliphatic hydroxyl groups excluding tert-OH is 1. The van der Waals surface area contributed by atoms with Crippen molar-refractivity contribution in [1.82, 2.24) is 0 Å². The lowest BCUT2D eigenvalue weighted by atomic mass is 10.2. The highest BCUT2D eigenvalue weighted by molar-refractivity contribution is 6.31. The highest BCUT2D eigenvalue weighted by Gasteiger charge is 2.10. The lowest BCUT2D eigenvalue weighted by Crippen LogP contribution is -2.14. The van der Waals surface area contributed by atoms with Crippen molar-refractivity contribution in [2.45, 2.75) is 25.1 Å². The first-order valence-electron chi connectivity index (χ1n) is 3.00. The molecule has 3 heteroatoms. The first-order chi connectivity index (χ1) is 4.22. The van der Waals surface area contributed by atoms with E-state index in [9.17, 15) is 4.79 Å². The number of halogens is 1. The Labute approximate surface area is 59.8 Å². The van der Waals surface area contributed by atoms with E-state index in [1.54, 1.807) is 0 Å². The van der Waals surface area contributed by atoms with Gasteiger partial charge in [0.2, 0.25) is 0 Å². The summed E-state index contributed by atoms with van der Waals surface area (Å²) >= 11 is 5.53. The predicted octanol–water partition coefficient (Wildman–Crippen LogP) is 0.955. The summed E-state index contributed by atoms with van der Waals surface area (Å²) in [5.41, 5.74) is 0. The molecule has 0 fully saturated rings. The molecule has 0 radical (unpaired) electrons. The molecule has 0 aliphatic heterocycles. The number of hydrogen-bond donors (Lipinski definition) is 1. The third-order valence-corrected chi connectivity index (χ3v) is 1.62. The molecule has 0 aromatic heterocycles. The minimum atomic E-state index is -0.405. The smallest absolute Gasteiger partial charge is 0.152 e. The normalized spacial score (nSPS) is 13.2. The maximum Gasteiger partial charge on any atom is 0.152 e. The van der Waals surface area contributed by atoms with Gasteiger partial charge in [-0.15, -0.1) is 11.6 Å². The summed E-state index contributed by atoms with van der Waals surface area (Å²) in [6.45, 7) is 1.75. The fraction of sp³-hybridized carbons (Fsp3) is 0.833. The number of aliphatic hydroxyl groups is 1. The molecule has 0 saturated heterocycles. The first-order valence-corrected chi connectivity index (χ1v) is 3.43. The second-order valence-corrected chi connectivity index (χ2v) is 2.34. The minimum absolute atomic E-state index is 0.0679. The molecule has 1 atom stereocenters. The number of carbonyl (C=O) groups excluding carboxylic acids is 1. The van der Waals surface area contributed by atoms with Crippen LogP contribution in [0, 0.1) is 0 Å². The van der Waals surface area contributed by atoms with Gasteiger partial charge in [-0.25, -0.2) is 0 Å². The van der Waals surface area contributed by atoms with E-state index < -0.39 is 5.38 Å². The van der Waals surface area contributed by atoms with Gasteiger partial charge < -0.3 is 5.11 Å². The summed E-state index contributed by atoms with van der Waals surface area (Å²) in [4.78, 5) is 10.7. The van der Waals surface area contributed by atoms with E-state index >= 15 is 0 Å². The van der Waals surface area contributed by atoms with Crippen molar-refractivity contribution in [2.75, 3.05) is 6.61 Å². The van der Waals surface area contributed by atoms with Gasteiger partial charge in [0, 0.05) is 6.42 Å². The van der Waals surface area contributed by atoms with Crippen LogP contribution >= 0.6 is 11.6 Å². The number of Topliss-reactive ketones (excluding diaryl/α,β-unsaturated/α-hetero) is 1. The zero-order valence-electron chi connectivity index (χ0n) is 5.43. The van der Waals surface area contributed by atoms with Crippen LogP contribution in [0.5, 0.6) is 0 Å². The molecule has 0 aromatic rings. The molecular formula is C6H11ClO2. The van der Waals surface area contributed by atoms with Gasteiger partial charge in [0.25, 0.3) is 0 Å². The molecule has 0 aliphatic carbocycles. The zero-order chi connectivity index (χ0) is 7.28. The summed E-state index contributed by atoms with van der Waals surface area (Å²) in [5, 5.41) is 7.90. The molecule has 0 aromatic carbocycles. The molecule has 1 N–H and O–H groups in total. The number of rotatable bonds is 4. The number of carbonyl (C=O) groups is 1. The van der Waals surface area contributed by atoms with Crippen LogP contribution in [0.3, 0.4) is 0 Å². The molecule has 0 spiro atoms.